The molecule has 2 rings (SSSR count). The van der Waals surface area contributed by atoms with Crippen LogP contribution in [0.15, 0.2) is 42.5 Å². The molecule has 0 bridgehead atoms. The molecule has 0 heterocycles. The van der Waals surface area contributed by atoms with Crippen LogP contribution in [0.5, 0.6) is 17.2 Å². The summed E-state index contributed by atoms with van der Waals surface area (Å²) in [6.07, 6.45) is 0. The molecule has 0 fully saturated rings. The molecule has 1 amide bonds. The van der Waals surface area contributed by atoms with Gasteiger partial charge in [-0.25, -0.2) is 0 Å². The summed E-state index contributed by atoms with van der Waals surface area (Å²) in [7, 11) is 6.90. The van der Waals surface area contributed by atoms with E-state index in [2.05, 4.69) is 5.32 Å². The zero-order valence-corrected chi connectivity index (χ0v) is 16.7. The van der Waals surface area contributed by atoms with Gasteiger partial charge in [-0.1, -0.05) is 12.1 Å². The summed E-state index contributed by atoms with van der Waals surface area (Å²) in [5.74, 6) is 2.32. The summed E-state index contributed by atoms with van der Waals surface area (Å²) in [5, 5.41) is 3.00. The largest absolute Gasteiger partial charge is 0.497 e. The van der Waals surface area contributed by atoms with Crippen LogP contribution in [0.2, 0.25) is 0 Å². The Morgan fingerprint density at radius 3 is 2.22 bits per heavy atom. The highest BCUT2D eigenvalue weighted by molar-refractivity contribution is 5.79. The molecule has 2 N–H and O–H groups in total. The van der Waals surface area contributed by atoms with Gasteiger partial charge in [0, 0.05) is 18.2 Å². The van der Waals surface area contributed by atoms with Gasteiger partial charge in [0.1, 0.15) is 23.8 Å². The number of carbonyl (C=O) groups is 1. The van der Waals surface area contributed by atoms with Gasteiger partial charge >= 0.3 is 0 Å². The first kappa shape index (κ1) is 20.6. The lowest BCUT2D eigenvalue weighted by Gasteiger charge is -2.22. The molecule has 0 spiro atoms. The van der Waals surface area contributed by atoms with Gasteiger partial charge in [0.05, 0.1) is 28.4 Å². The summed E-state index contributed by atoms with van der Waals surface area (Å²) in [6.45, 7) is 3.09. The molecule has 0 aliphatic rings. The zero-order valence-electron chi connectivity index (χ0n) is 16.7. The first-order valence-corrected chi connectivity index (χ1v) is 8.92. The lowest BCUT2D eigenvalue weighted by molar-refractivity contribution is -0.908. The molecule has 0 aliphatic carbocycles. The molecule has 6 heteroatoms. The number of hydrogen-bond donors (Lipinski definition) is 2. The molecule has 0 aromatic heterocycles. The number of ether oxygens (including phenoxy) is 3. The van der Waals surface area contributed by atoms with Crippen LogP contribution in [0, 0.1) is 0 Å². The number of benzene rings is 2. The van der Waals surface area contributed by atoms with E-state index in [4.69, 9.17) is 14.2 Å². The summed E-state index contributed by atoms with van der Waals surface area (Å²) < 4.78 is 15.8. The molecule has 6 nitrogen and oxygen atoms in total. The number of quaternary nitrogens is 1. The lowest BCUT2D eigenvalue weighted by atomic mass is 10.1. The molecule has 2 aromatic rings. The van der Waals surface area contributed by atoms with Gasteiger partial charge in [-0.15, -0.1) is 0 Å². The molecule has 2 aromatic carbocycles. The van der Waals surface area contributed by atoms with E-state index in [0.29, 0.717) is 13.1 Å². The number of amides is 1. The van der Waals surface area contributed by atoms with Crippen LogP contribution >= 0.6 is 0 Å². The van der Waals surface area contributed by atoms with Crippen LogP contribution in [0.4, 0.5) is 0 Å². The Labute approximate surface area is 161 Å². The third-order valence-electron chi connectivity index (χ3n) is 4.72. The van der Waals surface area contributed by atoms with Gasteiger partial charge < -0.3 is 24.4 Å². The maximum Gasteiger partial charge on any atom is 0.278 e. The van der Waals surface area contributed by atoms with Gasteiger partial charge in [-0.3, -0.25) is 4.79 Å². The summed E-state index contributed by atoms with van der Waals surface area (Å²) in [6, 6.07) is 13.2. The van der Waals surface area contributed by atoms with Crippen LogP contribution in [-0.4, -0.2) is 40.3 Å². The van der Waals surface area contributed by atoms with Crippen molar-refractivity contribution in [2.75, 3.05) is 28.4 Å². The van der Waals surface area contributed by atoms with Gasteiger partial charge in [0.15, 0.2) is 6.04 Å². The minimum atomic E-state index is -0.199. The first-order valence-electron chi connectivity index (χ1n) is 8.92. The first-order chi connectivity index (χ1) is 13.0. The van der Waals surface area contributed by atoms with Crippen LogP contribution in [-0.2, 0) is 17.9 Å². The van der Waals surface area contributed by atoms with Crippen LogP contribution in [0.25, 0.3) is 0 Å². The third-order valence-corrected chi connectivity index (χ3v) is 4.72. The quantitative estimate of drug-likeness (QED) is 0.698. The molecule has 0 radical (unpaired) electrons. The van der Waals surface area contributed by atoms with Gasteiger partial charge in [0.25, 0.3) is 5.91 Å². The molecular weight excluding hydrogens is 344 g/mol. The van der Waals surface area contributed by atoms with Crippen molar-refractivity contribution in [1.82, 2.24) is 5.32 Å². The molecule has 2 atom stereocenters. The molecule has 146 valence electrons. The Morgan fingerprint density at radius 2 is 1.63 bits per heavy atom. The van der Waals surface area contributed by atoms with E-state index in [0.717, 1.165) is 33.3 Å². The number of rotatable bonds is 9. The van der Waals surface area contributed by atoms with Gasteiger partial charge in [-0.2, -0.15) is 0 Å². The van der Waals surface area contributed by atoms with Crippen molar-refractivity contribution in [3.63, 3.8) is 0 Å². The van der Waals surface area contributed by atoms with E-state index < -0.39 is 0 Å². The fraction of sp³-hybridized carbons (Fsp3) is 0.381. The molecule has 0 aliphatic heterocycles. The highest BCUT2D eigenvalue weighted by Crippen LogP contribution is 2.23. The Hall–Kier alpha value is -2.73. The average Bonchev–Trinajstić information content (AvgIpc) is 2.71. The van der Waals surface area contributed by atoms with Crippen molar-refractivity contribution in [2.45, 2.75) is 26.1 Å². The SMILES string of the molecule is COc1ccc(CNC(=O)[C@@H](C)[NH+](C)Cc2ccc(OC)cc2OC)cc1. The fourth-order valence-corrected chi connectivity index (χ4v) is 2.76. The van der Waals surface area contributed by atoms with Gasteiger partial charge in [0.2, 0.25) is 0 Å². The van der Waals surface area contributed by atoms with E-state index in [1.165, 1.54) is 0 Å². The summed E-state index contributed by atoms with van der Waals surface area (Å²) in [5.41, 5.74) is 2.07. The normalized spacial score (nSPS) is 12.8. The zero-order chi connectivity index (χ0) is 19.8. The number of likely N-dealkylation sites (N-methyl/N-ethyl adjacent to an activating group) is 1. The Balaban J connectivity index is 1.93. The second kappa shape index (κ2) is 9.83. The number of methoxy groups -OCH3 is 3. The second-order valence-corrected chi connectivity index (χ2v) is 6.49. The van der Waals surface area contributed by atoms with E-state index in [1.807, 2.05) is 56.4 Å². The lowest BCUT2D eigenvalue weighted by Crippen LogP contribution is -3.12. The monoisotopic (exact) mass is 373 g/mol. The number of nitrogens with one attached hydrogen (secondary N) is 2. The Morgan fingerprint density at radius 1 is 1.00 bits per heavy atom. The number of carbonyl (C=O) groups excluding carboxylic acids is 1. The van der Waals surface area contributed by atoms with Crippen LogP contribution in [0.1, 0.15) is 18.1 Å². The predicted octanol–water partition coefficient (Wildman–Crippen LogP) is 1.43. The third kappa shape index (κ3) is 5.62. The standard InChI is InChI=1S/C21H28N2O4/c1-15(21(24)22-13-16-6-9-18(25-3)10-7-16)23(2)14-17-8-11-19(26-4)12-20(17)27-5/h6-12,15H,13-14H2,1-5H3,(H,22,24)/p+1/t15-/m1/s1. The Kier molecular flexibility index (Phi) is 7.49. The van der Waals surface area contributed by atoms with E-state index >= 15 is 0 Å². The Bertz CT molecular complexity index is 746. The van der Waals surface area contributed by atoms with E-state index in [9.17, 15) is 4.79 Å². The van der Waals surface area contributed by atoms with Crippen LogP contribution in [0.3, 0.4) is 0 Å². The highest BCUT2D eigenvalue weighted by Gasteiger charge is 2.23. The maximum atomic E-state index is 12.5. The van der Waals surface area contributed by atoms with E-state index in [1.54, 1.807) is 21.3 Å². The van der Waals surface area contributed by atoms with Gasteiger partial charge in [-0.05, 0) is 36.8 Å². The summed E-state index contributed by atoms with van der Waals surface area (Å²) >= 11 is 0. The summed E-state index contributed by atoms with van der Waals surface area (Å²) in [4.78, 5) is 13.6. The molecular formula is C21H29N2O4+. The average molecular weight is 373 g/mol. The second-order valence-electron chi connectivity index (χ2n) is 6.49. The molecule has 0 saturated carbocycles. The molecule has 1 unspecified atom stereocenters. The van der Waals surface area contributed by atoms with Crippen molar-refractivity contribution in [2.24, 2.45) is 0 Å². The minimum absolute atomic E-state index is 0.01000. The number of hydrogen-bond acceptors (Lipinski definition) is 4. The molecule has 0 saturated heterocycles. The van der Waals surface area contributed by atoms with Crippen molar-refractivity contribution >= 4 is 5.91 Å². The molecule has 27 heavy (non-hydrogen) atoms. The minimum Gasteiger partial charge on any atom is -0.497 e. The van der Waals surface area contributed by atoms with Crippen molar-refractivity contribution in [3.05, 3.63) is 53.6 Å². The highest BCUT2D eigenvalue weighted by atomic mass is 16.5. The smallest absolute Gasteiger partial charge is 0.278 e. The van der Waals surface area contributed by atoms with Crippen LogP contribution < -0.4 is 24.4 Å². The van der Waals surface area contributed by atoms with Crippen molar-refractivity contribution < 1.29 is 23.9 Å². The fourth-order valence-electron chi connectivity index (χ4n) is 2.76. The van der Waals surface area contributed by atoms with Crippen molar-refractivity contribution in [1.29, 1.82) is 0 Å². The predicted molar refractivity (Wildman–Crippen MR) is 104 cm³/mol. The van der Waals surface area contributed by atoms with Crippen molar-refractivity contribution in [3.8, 4) is 17.2 Å². The maximum absolute atomic E-state index is 12.5. The topological polar surface area (TPSA) is 61.2 Å². The van der Waals surface area contributed by atoms with E-state index in [-0.39, 0.29) is 11.9 Å².